The summed E-state index contributed by atoms with van der Waals surface area (Å²) in [5, 5.41) is 0. The minimum absolute atomic E-state index is 0.281. The average Bonchev–Trinajstić information content (AvgIpc) is 2.30. The molecule has 0 aromatic heterocycles. The molecule has 0 aliphatic carbocycles. The van der Waals surface area contributed by atoms with Crippen molar-refractivity contribution in [2.24, 2.45) is 23.7 Å². The Morgan fingerprint density at radius 3 is 1.68 bits per heavy atom. The Balaban J connectivity index is 4.59. The van der Waals surface area contributed by atoms with Crippen LogP contribution < -0.4 is 0 Å². The lowest BCUT2D eigenvalue weighted by atomic mass is 9.82. The fourth-order valence-electron chi connectivity index (χ4n) is 3.39. The zero-order valence-electron chi connectivity index (χ0n) is 14.1. The molecule has 2 nitrogen and oxygen atoms in total. The molecule has 0 radical (unpaired) electrons. The van der Waals surface area contributed by atoms with E-state index in [9.17, 15) is 0 Å². The van der Waals surface area contributed by atoms with Gasteiger partial charge in [0, 0.05) is 20.1 Å². The normalized spacial score (nSPS) is 20.5. The molecule has 0 aliphatic rings. The Morgan fingerprint density at radius 2 is 1.32 bits per heavy atom. The monoisotopic (exact) mass is 270 g/mol. The second kappa shape index (κ2) is 9.55. The predicted molar refractivity (Wildman–Crippen MR) is 83.4 cm³/mol. The number of rotatable bonds is 9. The van der Waals surface area contributed by atoms with Gasteiger partial charge in [-0.25, -0.2) is 0 Å². The summed E-state index contributed by atoms with van der Waals surface area (Å²) >= 11 is 0. The van der Waals surface area contributed by atoms with Gasteiger partial charge < -0.3 is 9.47 Å². The Labute approximate surface area is 120 Å². The first-order valence-corrected chi connectivity index (χ1v) is 7.57. The summed E-state index contributed by atoms with van der Waals surface area (Å²) in [5.74, 6) is 2.09. The van der Waals surface area contributed by atoms with Crippen LogP contribution in [-0.4, -0.2) is 26.4 Å². The molecule has 19 heavy (non-hydrogen) atoms. The predicted octanol–water partition coefficient (Wildman–Crippen LogP) is 4.55. The van der Waals surface area contributed by atoms with Crippen molar-refractivity contribution in [1.29, 1.82) is 0 Å². The third-order valence-corrected chi connectivity index (χ3v) is 4.08. The highest BCUT2D eigenvalue weighted by Crippen LogP contribution is 2.28. The first-order chi connectivity index (χ1) is 8.88. The number of hydrogen-bond donors (Lipinski definition) is 0. The summed E-state index contributed by atoms with van der Waals surface area (Å²) in [5.41, 5.74) is 0. The number of ether oxygens (including phenoxy) is 2. The molecule has 0 amide bonds. The van der Waals surface area contributed by atoms with Crippen molar-refractivity contribution >= 4 is 0 Å². The highest BCUT2D eigenvalue weighted by Gasteiger charge is 2.27. The number of methoxy groups -OCH3 is 2. The van der Waals surface area contributed by atoms with E-state index in [2.05, 4.69) is 53.7 Å². The molecule has 0 bridgehead atoms. The number of allylic oxidation sites excluding steroid dienone is 1. The van der Waals surface area contributed by atoms with Crippen LogP contribution in [0.2, 0.25) is 0 Å². The van der Waals surface area contributed by atoms with Gasteiger partial charge in [0.15, 0.2) is 0 Å². The maximum atomic E-state index is 5.71. The van der Waals surface area contributed by atoms with Crippen molar-refractivity contribution < 1.29 is 9.47 Å². The molecule has 114 valence electrons. The van der Waals surface area contributed by atoms with Crippen LogP contribution in [0.4, 0.5) is 0 Å². The van der Waals surface area contributed by atoms with Gasteiger partial charge in [-0.05, 0) is 31.1 Å². The standard InChI is InChI=1S/C17H34O2/c1-9-10-13(4)17(19-8)15(6)11-14(5)16(18-7)12(2)3/h9-10,12-17H,11H2,1-8H3/b10-9+/t13-,14-,15-,16-,17+/m1/s1. The first-order valence-electron chi connectivity index (χ1n) is 7.57. The summed E-state index contributed by atoms with van der Waals surface area (Å²) in [7, 11) is 3.64. The molecule has 0 aromatic rings. The molecule has 0 spiro atoms. The van der Waals surface area contributed by atoms with Crippen LogP contribution in [0.25, 0.3) is 0 Å². The van der Waals surface area contributed by atoms with Crippen molar-refractivity contribution in [2.75, 3.05) is 14.2 Å². The lowest BCUT2D eigenvalue weighted by Crippen LogP contribution is -2.33. The summed E-state index contributed by atoms with van der Waals surface area (Å²) in [6.45, 7) is 13.3. The van der Waals surface area contributed by atoms with Crippen molar-refractivity contribution in [3.63, 3.8) is 0 Å². The smallest absolute Gasteiger partial charge is 0.0656 e. The minimum atomic E-state index is 0.281. The van der Waals surface area contributed by atoms with E-state index < -0.39 is 0 Å². The molecular formula is C17H34O2. The van der Waals surface area contributed by atoms with Crippen molar-refractivity contribution in [1.82, 2.24) is 0 Å². The van der Waals surface area contributed by atoms with Gasteiger partial charge in [-0.1, -0.05) is 46.8 Å². The fourth-order valence-corrected chi connectivity index (χ4v) is 3.39. The molecule has 0 saturated carbocycles. The van der Waals surface area contributed by atoms with E-state index >= 15 is 0 Å². The highest BCUT2D eigenvalue weighted by atomic mass is 16.5. The second-order valence-electron chi connectivity index (χ2n) is 6.22. The molecular weight excluding hydrogens is 236 g/mol. The largest absolute Gasteiger partial charge is 0.381 e. The lowest BCUT2D eigenvalue weighted by Gasteiger charge is -2.32. The van der Waals surface area contributed by atoms with Gasteiger partial charge in [-0.2, -0.15) is 0 Å². The molecule has 5 atom stereocenters. The van der Waals surface area contributed by atoms with Crippen LogP contribution in [0.3, 0.4) is 0 Å². The van der Waals surface area contributed by atoms with Crippen LogP contribution in [-0.2, 0) is 9.47 Å². The molecule has 0 heterocycles. The summed E-state index contributed by atoms with van der Waals surface area (Å²) in [6, 6.07) is 0. The van der Waals surface area contributed by atoms with Crippen molar-refractivity contribution in [2.45, 2.75) is 60.2 Å². The van der Waals surface area contributed by atoms with Gasteiger partial charge in [-0.3, -0.25) is 0 Å². The molecule has 0 rings (SSSR count). The highest BCUT2D eigenvalue weighted by molar-refractivity contribution is 4.90. The van der Waals surface area contributed by atoms with Crippen LogP contribution >= 0.6 is 0 Å². The van der Waals surface area contributed by atoms with E-state index in [0.717, 1.165) is 6.42 Å². The van der Waals surface area contributed by atoms with Crippen LogP contribution in [0, 0.1) is 23.7 Å². The summed E-state index contributed by atoms with van der Waals surface area (Å²) in [4.78, 5) is 0. The van der Waals surface area contributed by atoms with E-state index in [4.69, 9.17) is 9.47 Å². The minimum Gasteiger partial charge on any atom is -0.381 e. The maximum absolute atomic E-state index is 5.71. The van der Waals surface area contributed by atoms with Gasteiger partial charge in [0.1, 0.15) is 0 Å². The Kier molecular flexibility index (Phi) is 9.38. The quantitative estimate of drug-likeness (QED) is 0.572. The molecule has 0 aliphatic heterocycles. The van der Waals surface area contributed by atoms with E-state index in [1.165, 1.54) is 0 Å². The molecule has 0 fully saturated rings. The Morgan fingerprint density at radius 1 is 0.842 bits per heavy atom. The van der Waals surface area contributed by atoms with Gasteiger partial charge in [-0.15, -0.1) is 0 Å². The molecule has 0 saturated heterocycles. The SMILES string of the molecule is C/C=C/[C@@H](C)[C@H](OC)[C@H](C)C[C@@H](C)[C@H](OC)C(C)C. The van der Waals surface area contributed by atoms with Gasteiger partial charge in [0.05, 0.1) is 12.2 Å². The summed E-state index contributed by atoms with van der Waals surface area (Å²) in [6.07, 6.45) is 6.09. The maximum Gasteiger partial charge on any atom is 0.0656 e. The zero-order chi connectivity index (χ0) is 15.0. The molecule has 0 N–H and O–H groups in total. The molecule has 0 aromatic carbocycles. The Bertz CT molecular complexity index is 248. The average molecular weight is 270 g/mol. The van der Waals surface area contributed by atoms with Crippen LogP contribution in [0.5, 0.6) is 0 Å². The van der Waals surface area contributed by atoms with Gasteiger partial charge >= 0.3 is 0 Å². The second-order valence-corrected chi connectivity index (χ2v) is 6.22. The number of hydrogen-bond acceptors (Lipinski definition) is 2. The topological polar surface area (TPSA) is 18.5 Å². The van der Waals surface area contributed by atoms with Crippen molar-refractivity contribution in [3.05, 3.63) is 12.2 Å². The van der Waals surface area contributed by atoms with Crippen LogP contribution in [0.15, 0.2) is 12.2 Å². The third kappa shape index (κ3) is 6.09. The van der Waals surface area contributed by atoms with E-state index in [-0.39, 0.29) is 6.10 Å². The first kappa shape index (κ1) is 18.7. The van der Waals surface area contributed by atoms with E-state index in [0.29, 0.717) is 29.8 Å². The Hall–Kier alpha value is -0.340. The van der Waals surface area contributed by atoms with Crippen molar-refractivity contribution in [3.8, 4) is 0 Å². The molecule has 0 unspecified atom stereocenters. The summed E-state index contributed by atoms with van der Waals surface area (Å²) < 4.78 is 11.4. The fraction of sp³-hybridized carbons (Fsp3) is 0.882. The third-order valence-electron chi connectivity index (χ3n) is 4.08. The van der Waals surface area contributed by atoms with E-state index in [1.807, 2.05) is 14.2 Å². The van der Waals surface area contributed by atoms with E-state index in [1.54, 1.807) is 0 Å². The zero-order valence-corrected chi connectivity index (χ0v) is 14.1. The van der Waals surface area contributed by atoms with Gasteiger partial charge in [0.25, 0.3) is 0 Å². The van der Waals surface area contributed by atoms with Gasteiger partial charge in [0.2, 0.25) is 0 Å². The van der Waals surface area contributed by atoms with Crippen LogP contribution in [0.1, 0.15) is 48.0 Å². The lowest BCUT2D eigenvalue weighted by molar-refractivity contribution is -0.0122. The molecule has 2 heteroatoms.